The lowest BCUT2D eigenvalue weighted by atomic mass is 9.88. The van der Waals surface area contributed by atoms with Crippen molar-refractivity contribution in [2.24, 2.45) is 0 Å². The number of pyridine rings is 2. The molecule has 9 heteroatoms. The van der Waals surface area contributed by atoms with Gasteiger partial charge >= 0.3 is 0 Å². The van der Waals surface area contributed by atoms with Crippen molar-refractivity contribution in [1.82, 2.24) is 29.7 Å². The van der Waals surface area contributed by atoms with E-state index in [0.29, 0.717) is 30.9 Å². The van der Waals surface area contributed by atoms with Gasteiger partial charge in [-0.15, -0.1) is 0 Å². The summed E-state index contributed by atoms with van der Waals surface area (Å²) in [6, 6.07) is 12.5. The first-order valence-corrected chi connectivity index (χ1v) is 14.4. The van der Waals surface area contributed by atoms with Crippen LogP contribution in [0.5, 0.6) is 0 Å². The second-order valence-corrected chi connectivity index (χ2v) is 11.8. The Labute approximate surface area is 239 Å². The topological polar surface area (TPSA) is 95.4 Å². The summed E-state index contributed by atoms with van der Waals surface area (Å²) >= 11 is 0. The molecule has 9 nitrogen and oxygen atoms in total. The summed E-state index contributed by atoms with van der Waals surface area (Å²) < 4.78 is 2.32. The minimum absolute atomic E-state index is 0.0796. The highest BCUT2D eigenvalue weighted by Crippen LogP contribution is 2.39. The molecule has 0 radical (unpaired) electrons. The van der Waals surface area contributed by atoms with Gasteiger partial charge in [0.1, 0.15) is 11.5 Å². The molecule has 1 saturated heterocycles. The van der Waals surface area contributed by atoms with Crippen LogP contribution in [0.3, 0.4) is 0 Å². The van der Waals surface area contributed by atoms with Crippen molar-refractivity contribution in [3.05, 3.63) is 70.7 Å². The molecule has 2 N–H and O–H groups in total. The van der Waals surface area contributed by atoms with Gasteiger partial charge in [-0.1, -0.05) is 12.1 Å². The summed E-state index contributed by atoms with van der Waals surface area (Å²) in [5.74, 6) is 0.952. The molecule has 3 aliphatic heterocycles. The van der Waals surface area contributed by atoms with Gasteiger partial charge in [0.15, 0.2) is 0 Å². The summed E-state index contributed by atoms with van der Waals surface area (Å²) in [6.45, 7) is 2.92. The molecule has 0 saturated carbocycles. The van der Waals surface area contributed by atoms with Crippen molar-refractivity contribution >= 4 is 34.4 Å². The lowest BCUT2D eigenvalue weighted by Crippen LogP contribution is -2.35. The van der Waals surface area contributed by atoms with Crippen molar-refractivity contribution in [3.63, 3.8) is 0 Å². The van der Waals surface area contributed by atoms with Gasteiger partial charge < -0.3 is 25.0 Å². The molecular formula is C32H35N7O2. The number of anilines is 2. The number of carbonyl (C=O) groups excluding carboxylic acids is 2. The predicted molar refractivity (Wildman–Crippen MR) is 159 cm³/mol. The number of nitrogens with one attached hydrogen (secondary N) is 2. The molecule has 1 unspecified atom stereocenters. The van der Waals surface area contributed by atoms with Crippen molar-refractivity contribution in [2.45, 2.75) is 51.2 Å². The molecule has 0 aliphatic carbocycles. The largest absolute Gasteiger partial charge is 0.348 e. The zero-order chi connectivity index (χ0) is 28.2. The molecule has 1 atom stereocenters. The van der Waals surface area contributed by atoms with Gasteiger partial charge in [0.2, 0.25) is 5.91 Å². The predicted octanol–water partition coefficient (Wildman–Crippen LogP) is 4.43. The third-order valence-electron chi connectivity index (χ3n) is 8.79. The van der Waals surface area contributed by atoms with Gasteiger partial charge in [-0.25, -0.2) is 9.97 Å². The Morgan fingerprint density at radius 1 is 1.10 bits per heavy atom. The van der Waals surface area contributed by atoms with Gasteiger partial charge in [-0.2, -0.15) is 0 Å². The number of aryl methyl sites for hydroxylation is 2. The third-order valence-corrected chi connectivity index (χ3v) is 8.79. The minimum Gasteiger partial charge on any atom is -0.348 e. The minimum atomic E-state index is -0.0796. The van der Waals surface area contributed by atoms with Crippen LogP contribution < -0.4 is 10.6 Å². The van der Waals surface area contributed by atoms with E-state index in [0.717, 1.165) is 77.0 Å². The number of nitrogens with zero attached hydrogens (tertiary/aromatic N) is 5. The van der Waals surface area contributed by atoms with Crippen LogP contribution in [-0.2, 0) is 30.8 Å². The van der Waals surface area contributed by atoms with E-state index in [9.17, 15) is 9.59 Å². The zero-order valence-corrected chi connectivity index (χ0v) is 23.8. The van der Waals surface area contributed by atoms with E-state index in [4.69, 9.17) is 9.97 Å². The van der Waals surface area contributed by atoms with E-state index in [1.807, 2.05) is 39.5 Å². The summed E-state index contributed by atoms with van der Waals surface area (Å²) in [5, 5.41) is 7.64. The first-order chi connectivity index (χ1) is 19.9. The fourth-order valence-electron chi connectivity index (χ4n) is 6.74. The molecule has 1 aromatic carbocycles. The van der Waals surface area contributed by atoms with Crippen LogP contribution in [0, 0.1) is 0 Å². The number of rotatable bonds is 6. The Morgan fingerprint density at radius 3 is 2.80 bits per heavy atom. The van der Waals surface area contributed by atoms with Crippen LogP contribution in [0.25, 0.3) is 22.2 Å². The van der Waals surface area contributed by atoms with Crippen LogP contribution >= 0.6 is 0 Å². The van der Waals surface area contributed by atoms with Crippen molar-refractivity contribution < 1.29 is 9.59 Å². The third kappa shape index (κ3) is 4.44. The van der Waals surface area contributed by atoms with Crippen LogP contribution in [0.1, 0.15) is 58.1 Å². The van der Waals surface area contributed by atoms with Gasteiger partial charge in [0, 0.05) is 56.9 Å². The van der Waals surface area contributed by atoms with Crippen LogP contribution in [0.2, 0.25) is 0 Å². The fraction of sp³-hybridized carbons (Fsp3) is 0.375. The Bertz CT molecular complexity index is 1710. The standard InChI is InChI=1S/C32H35N7O2/c1-37(2)18-27-21(19-11-14-38(3)29(40)15-19)7-9-28(36-27)35-26-8-6-22(25-17-34-32(41)30(25)26)23-10-12-33-31-24(23)16-20-5-4-13-39(20)31/h6-10,12,16,19H,4-5,11,13-15,17-18H2,1-3H3,(H,34,41)(H,35,36). The lowest BCUT2D eigenvalue weighted by Gasteiger charge is -2.30. The Balaban J connectivity index is 1.25. The summed E-state index contributed by atoms with van der Waals surface area (Å²) in [4.78, 5) is 39.2. The smallest absolute Gasteiger partial charge is 0.254 e. The molecule has 7 rings (SSSR count). The lowest BCUT2D eigenvalue weighted by molar-refractivity contribution is -0.132. The average molecular weight is 550 g/mol. The maximum Gasteiger partial charge on any atom is 0.254 e. The van der Waals surface area contributed by atoms with Crippen molar-refractivity contribution in [3.8, 4) is 11.1 Å². The second-order valence-electron chi connectivity index (χ2n) is 11.8. The fourth-order valence-corrected chi connectivity index (χ4v) is 6.74. The van der Waals surface area contributed by atoms with Crippen LogP contribution in [0.4, 0.5) is 11.5 Å². The maximum atomic E-state index is 13.1. The Hall–Kier alpha value is -4.24. The van der Waals surface area contributed by atoms with E-state index in [2.05, 4.69) is 44.4 Å². The number of aromatic nitrogens is 3. The number of likely N-dealkylation sites (tertiary alicyclic amines) is 1. The van der Waals surface area contributed by atoms with Crippen molar-refractivity contribution in [1.29, 1.82) is 0 Å². The maximum absolute atomic E-state index is 13.1. The number of benzene rings is 1. The van der Waals surface area contributed by atoms with Crippen LogP contribution in [-0.4, -0.2) is 63.8 Å². The molecule has 3 aliphatic rings. The van der Waals surface area contributed by atoms with Gasteiger partial charge in [0.05, 0.1) is 16.9 Å². The van der Waals surface area contributed by atoms with E-state index in [1.54, 1.807) is 4.90 Å². The highest BCUT2D eigenvalue weighted by atomic mass is 16.2. The van der Waals surface area contributed by atoms with Gasteiger partial charge in [-0.05, 0) is 85.8 Å². The quantitative estimate of drug-likeness (QED) is 0.370. The average Bonchev–Trinajstić information content (AvgIpc) is 3.66. The SMILES string of the molecule is CN(C)Cc1nc(Nc2ccc(-c3ccnc4c3cc3n4CCC3)c3c2C(=O)NC3)ccc1C1CCN(C)C(=O)C1. The summed E-state index contributed by atoms with van der Waals surface area (Å²) in [5.41, 5.74) is 9.02. The highest BCUT2D eigenvalue weighted by Gasteiger charge is 2.29. The zero-order valence-electron chi connectivity index (χ0n) is 23.8. The number of piperidine rings is 1. The monoisotopic (exact) mass is 549 g/mol. The molecule has 1 fully saturated rings. The number of hydrogen-bond donors (Lipinski definition) is 2. The van der Waals surface area contributed by atoms with E-state index < -0.39 is 0 Å². The number of amides is 2. The van der Waals surface area contributed by atoms with Crippen LogP contribution in [0.15, 0.2) is 42.6 Å². The van der Waals surface area contributed by atoms with E-state index in [1.165, 1.54) is 5.69 Å². The summed E-state index contributed by atoms with van der Waals surface area (Å²) in [6.07, 6.45) is 5.55. The van der Waals surface area contributed by atoms with E-state index in [-0.39, 0.29) is 17.7 Å². The first kappa shape index (κ1) is 25.7. The van der Waals surface area contributed by atoms with E-state index >= 15 is 0 Å². The molecular weight excluding hydrogens is 514 g/mol. The molecule has 4 aromatic rings. The normalized spacial score (nSPS) is 18.2. The Kier molecular flexibility index (Phi) is 6.27. The van der Waals surface area contributed by atoms with Gasteiger partial charge in [-0.3, -0.25) is 9.59 Å². The first-order valence-electron chi connectivity index (χ1n) is 14.4. The van der Waals surface area contributed by atoms with Crippen molar-refractivity contribution in [2.75, 3.05) is 33.0 Å². The highest BCUT2D eigenvalue weighted by molar-refractivity contribution is 6.07. The van der Waals surface area contributed by atoms with Gasteiger partial charge in [0.25, 0.3) is 5.91 Å². The molecule has 0 bridgehead atoms. The molecule has 210 valence electrons. The molecule has 0 spiro atoms. The second kappa shape index (κ2) is 9.99. The number of carbonyl (C=O) groups is 2. The molecule has 41 heavy (non-hydrogen) atoms. The number of hydrogen-bond acceptors (Lipinski definition) is 6. The molecule has 3 aromatic heterocycles. The summed E-state index contributed by atoms with van der Waals surface area (Å²) in [7, 11) is 5.92. The Morgan fingerprint density at radius 2 is 1.98 bits per heavy atom. The molecule has 2 amide bonds. The number of fused-ring (bicyclic) bond motifs is 4. The molecule has 6 heterocycles.